The molecule has 0 spiro atoms. The minimum Gasteiger partial charge on any atom is -0.805 e. The second kappa shape index (κ2) is 3.32. The summed E-state index contributed by atoms with van der Waals surface area (Å²) in [6.07, 6.45) is 3.67. The summed E-state index contributed by atoms with van der Waals surface area (Å²) in [6, 6.07) is 3.81. The van der Waals surface area contributed by atoms with Gasteiger partial charge >= 0.3 is 0 Å². The van der Waals surface area contributed by atoms with Crippen LogP contribution in [0.3, 0.4) is 0 Å². The van der Waals surface area contributed by atoms with E-state index in [-0.39, 0.29) is 0 Å². The van der Waals surface area contributed by atoms with Crippen LogP contribution in [0, 0.1) is 10.1 Å². The number of hydrogen-bond donors (Lipinski definition) is 1. The van der Waals surface area contributed by atoms with Crippen molar-refractivity contribution >= 4 is 11.0 Å². The zero-order valence-corrected chi connectivity index (χ0v) is 9.80. The van der Waals surface area contributed by atoms with E-state index in [9.17, 15) is 10.1 Å². The van der Waals surface area contributed by atoms with Gasteiger partial charge in [-0.1, -0.05) is 0 Å². The average Bonchev–Trinajstić information content (AvgIpc) is 2.64. The van der Waals surface area contributed by atoms with Gasteiger partial charge in [-0.05, 0) is 35.4 Å². The van der Waals surface area contributed by atoms with Gasteiger partial charge in [0.2, 0.25) is 6.20 Å². The number of nitrogens with one attached hydrogen (secondary N) is 1. The largest absolute Gasteiger partial charge is 0.805 e. The molecule has 1 aromatic heterocycles. The Labute approximate surface area is 103 Å². The van der Waals surface area contributed by atoms with E-state index in [0.717, 1.165) is 28.7 Å². The molecule has 1 fully saturated rings. The maximum atomic E-state index is 11.8. The molecule has 1 aromatic carbocycles. The van der Waals surface area contributed by atoms with E-state index in [1.807, 2.05) is 12.1 Å². The number of benzene rings is 1. The van der Waals surface area contributed by atoms with Crippen LogP contribution in [0.2, 0.25) is 0 Å². The molecular weight excluding hydrogens is 230 g/mol. The molecule has 2 aliphatic rings. The molecule has 1 aliphatic heterocycles. The van der Waals surface area contributed by atoms with Gasteiger partial charge in [0, 0.05) is 24.1 Å². The Hall–Kier alpha value is -1.88. The summed E-state index contributed by atoms with van der Waals surface area (Å²) in [5.41, 5.74) is 3.43. The molecule has 0 saturated carbocycles. The smallest absolute Gasteiger partial charge is 0.286 e. The number of fused-ring (bicyclic) bond motifs is 6. The van der Waals surface area contributed by atoms with Crippen LogP contribution < -0.4 is 9.74 Å². The van der Waals surface area contributed by atoms with E-state index in [2.05, 4.69) is 5.32 Å². The first-order valence-corrected chi connectivity index (χ1v) is 6.23. The highest BCUT2D eigenvalue weighted by molar-refractivity contribution is 5.75. The zero-order valence-electron chi connectivity index (χ0n) is 9.80. The Morgan fingerprint density at radius 2 is 2.00 bits per heavy atom. The summed E-state index contributed by atoms with van der Waals surface area (Å²) in [4.78, 5) is 11.8. The molecular formula is C13H13N3O2. The molecule has 2 atom stereocenters. The molecule has 2 unspecified atom stereocenters. The molecule has 4 rings (SSSR count). The van der Waals surface area contributed by atoms with Gasteiger partial charge in [0.1, 0.15) is 5.52 Å². The maximum Gasteiger partial charge on any atom is 0.286 e. The van der Waals surface area contributed by atoms with E-state index >= 15 is 0 Å². The predicted octanol–water partition coefficient (Wildman–Crippen LogP) is 1.08. The van der Waals surface area contributed by atoms with Crippen molar-refractivity contribution in [3.05, 3.63) is 45.8 Å². The Bertz CT molecular complexity index is 707. The molecule has 0 amide bonds. The lowest BCUT2D eigenvalue weighted by atomic mass is 9.98. The molecule has 0 radical (unpaired) electrons. The molecule has 5 heteroatoms. The quantitative estimate of drug-likeness (QED) is 0.704. The van der Waals surface area contributed by atoms with Crippen molar-refractivity contribution in [1.82, 2.24) is 10.0 Å². The lowest BCUT2D eigenvalue weighted by Crippen LogP contribution is -2.28. The van der Waals surface area contributed by atoms with Gasteiger partial charge in [0.15, 0.2) is 0 Å². The Balaban J connectivity index is 2.09. The van der Waals surface area contributed by atoms with Crippen LogP contribution in [-0.2, 0) is 0 Å². The molecule has 18 heavy (non-hydrogen) atoms. The zero-order chi connectivity index (χ0) is 12.3. The second-order valence-corrected chi connectivity index (χ2v) is 5.21. The van der Waals surface area contributed by atoms with E-state index in [1.165, 1.54) is 23.5 Å². The van der Waals surface area contributed by atoms with Gasteiger partial charge < -0.3 is 15.3 Å². The monoisotopic (exact) mass is 243 g/mol. The number of hydrogen-bond acceptors (Lipinski definition) is 3. The van der Waals surface area contributed by atoms with Crippen LogP contribution >= 0.6 is 0 Å². The van der Waals surface area contributed by atoms with E-state index < -0.39 is 0 Å². The average molecular weight is 243 g/mol. The molecule has 1 N–H and O–H groups in total. The van der Waals surface area contributed by atoms with Crippen molar-refractivity contribution in [3.63, 3.8) is 0 Å². The predicted molar refractivity (Wildman–Crippen MR) is 67.0 cm³/mol. The van der Waals surface area contributed by atoms with Crippen molar-refractivity contribution in [2.75, 3.05) is 13.1 Å². The summed E-state index contributed by atoms with van der Waals surface area (Å²) >= 11 is 0. The summed E-state index contributed by atoms with van der Waals surface area (Å²) in [6.45, 7) is 1.94. The molecule has 5 nitrogen and oxygen atoms in total. The fourth-order valence-electron chi connectivity index (χ4n) is 3.37. The van der Waals surface area contributed by atoms with Crippen molar-refractivity contribution in [3.8, 4) is 0 Å². The van der Waals surface area contributed by atoms with E-state index in [0.29, 0.717) is 22.9 Å². The Morgan fingerprint density at radius 3 is 2.78 bits per heavy atom. The van der Waals surface area contributed by atoms with Crippen molar-refractivity contribution in [2.24, 2.45) is 0 Å². The highest BCUT2D eigenvalue weighted by Crippen LogP contribution is 2.44. The molecule has 2 aromatic rings. The topological polar surface area (TPSA) is 63.0 Å². The summed E-state index contributed by atoms with van der Waals surface area (Å²) in [5.74, 6) is 0.979. The normalized spacial score (nSPS) is 25.3. The van der Waals surface area contributed by atoms with Gasteiger partial charge in [0.25, 0.3) is 5.52 Å². The van der Waals surface area contributed by atoms with Gasteiger partial charge in [-0.2, -0.15) is 0 Å². The van der Waals surface area contributed by atoms with Crippen LogP contribution in [0.25, 0.3) is 11.0 Å². The van der Waals surface area contributed by atoms with Crippen LogP contribution in [0.4, 0.5) is 0 Å². The minimum absolute atomic E-state index is 0.471. The first-order chi connectivity index (χ1) is 8.74. The first kappa shape index (κ1) is 10.1. The number of nitrogens with zero attached hydrogens (tertiary/aromatic N) is 2. The van der Waals surface area contributed by atoms with Gasteiger partial charge in [-0.15, -0.1) is 0 Å². The van der Waals surface area contributed by atoms with Crippen molar-refractivity contribution in [2.45, 2.75) is 18.3 Å². The molecule has 2 heterocycles. The standard InChI is InChI=1S/C13H13N3O2/c17-15-1-2-16(18)13-5-11-9-3-8(6-14-7-9)10(11)4-12(13)15/h1-2,4-5,8-9,14H,3,6-7H2. The van der Waals surface area contributed by atoms with Crippen molar-refractivity contribution < 1.29 is 4.43 Å². The van der Waals surface area contributed by atoms with Crippen LogP contribution in [0.1, 0.15) is 29.4 Å². The van der Waals surface area contributed by atoms with Crippen LogP contribution in [-0.4, -0.2) is 17.8 Å². The third kappa shape index (κ3) is 1.19. The number of aromatic nitrogens is 2. The van der Waals surface area contributed by atoms with E-state index in [1.54, 1.807) is 0 Å². The third-order valence-electron chi connectivity index (χ3n) is 4.22. The molecule has 2 bridgehead atoms. The first-order valence-electron chi connectivity index (χ1n) is 6.23. The molecule has 92 valence electrons. The van der Waals surface area contributed by atoms with Crippen LogP contribution in [0.15, 0.2) is 24.5 Å². The van der Waals surface area contributed by atoms with Crippen LogP contribution in [0.5, 0.6) is 0 Å². The minimum atomic E-state index is 0.471. The second-order valence-electron chi connectivity index (χ2n) is 5.21. The molecule has 1 aliphatic carbocycles. The summed E-state index contributed by atoms with van der Waals surface area (Å²) in [7, 11) is 0. The fourth-order valence-corrected chi connectivity index (χ4v) is 3.37. The maximum absolute atomic E-state index is 11.8. The third-order valence-corrected chi connectivity index (χ3v) is 4.22. The Kier molecular flexibility index (Phi) is 1.86. The highest BCUT2D eigenvalue weighted by Gasteiger charge is 2.35. The Morgan fingerprint density at radius 1 is 1.28 bits per heavy atom. The van der Waals surface area contributed by atoms with Crippen molar-refractivity contribution in [1.29, 1.82) is 0 Å². The van der Waals surface area contributed by atoms with Gasteiger partial charge in [0.05, 0.1) is 10.6 Å². The van der Waals surface area contributed by atoms with Gasteiger partial charge in [-0.3, -0.25) is 0 Å². The van der Waals surface area contributed by atoms with Gasteiger partial charge in [-0.25, -0.2) is 0 Å². The highest BCUT2D eigenvalue weighted by atomic mass is 16.5. The lowest BCUT2D eigenvalue weighted by molar-refractivity contribution is -0.464. The molecule has 1 saturated heterocycles. The summed E-state index contributed by atoms with van der Waals surface area (Å²) < 4.78 is 1.55. The lowest BCUT2D eigenvalue weighted by Gasteiger charge is -2.19. The number of rotatable bonds is 0. The number of piperidine rings is 1. The SMILES string of the molecule is O=[n+]1ccn([O-])c2cc3c(cc21)C1CNCC3C1. The van der Waals surface area contributed by atoms with E-state index in [4.69, 9.17) is 0 Å². The fraction of sp³-hybridized carbons (Fsp3) is 0.385. The summed E-state index contributed by atoms with van der Waals surface area (Å²) in [5, 5.41) is 15.2.